The first-order valence-electron chi connectivity index (χ1n) is 9.40. The van der Waals surface area contributed by atoms with Crippen molar-refractivity contribution in [2.45, 2.75) is 19.3 Å². The van der Waals surface area contributed by atoms with Crippen molar-refractivity contribution in [3.05, 3.63) is 46.5 Å². The number of hydrogen-bond donors (Lipinski definition) is 3. The third kappa shape index (κ3) is 4.08. The molecule has 2 aliphatic rings. The fraction of sp³-hybridized carbons (Fsp3) is 0.368. The monoisotopic (exact) mass is 415 g/mol. The molecule has 0 saturated carbocycles. The molecule has 10 heteroatoms. The molecule has 152 valence electrons. The lowest BCUT2D eigenvalue weighted by Crippen LogP contribution is -2.36. The first kappa shape index (κ1) is 19.3. The van der Waals surface area contributed by atoms with E-state index in [0.717, 1.165) is 25.9 Å². The Morgan fingerprint density at radius 2 is 2.03 bits per heavy atom. The second-order valence-electron chi connectivity index (χ2n) is 7.08. The number of nitrogens with one attached hydrogen (secondary N) is 2. The van der Waals surface area contributed by atoms with Gasteiger partial charge in [0.1, 0.15) is 11.2 Å². The van der Waals surface area contributed by atoms with Crippen LogP contribution in [0.2, 0.25) is 0 Å². The normalized spacial score (nSPS) is 17.5. The number of nitrogens with zero attached hydrogens (tertiary/aromatic N) is 3. The number of piperidine rings is 1. The van der Waals surface area contributed by atoms with Crippen molar-refractivity contribution in [3.8, 4) is 0 Å². The largest absolute Gasteiger partial charge is 0.396 e. The highest BCUT2D eigenvalue weighted by Crippen LogP contribution is 2.26. The van der Waals surface area contributed by atoms with Gasteiger partial charge in [0, 0.05) is 38.0 Å². The summed E-state index contributed by atoms with van der Waals surface area (Å²) in [7, 11) is -2.25. The molecule has 0 unspecified atom stereocenters. The number of allylic oxidation sites excluding steroid dienone is 3. The van der Waals surface area contributed by atoms with Crippen molar-refractivity contribution in [2.75, 3.05) is 29.9 Å². The number of aromatic amines is 1. The van der Waals surface area contributed by atoms with Gasteiger partial charge >= 0.3 is 0 Å². The number of rotatable bonds is 4. The molecule has 29 heavy (non-hydrogen) atoms. The fourth-order valence-corrected chi connectivity index (χ4v) is 3.91. The van der Waals surface area contributed by atoms with Gasteiger partial charge in [0.05, 0.1) is 10.4 Å². The molecule has 1 aliphatic carbocycles. The Morgan fingerprint density at radius 1 is 1.24 bits per heavy atom. The Labute approximate surface area is 168 Å². The van der Waals surface area contributed by atoms with E-state index in [1.165, 1.54) is 6.08 Å². The number of hydrogen-bond acceptors (Lipinski definition) is 8. The van der Waals surface area contributed by atoms with E-state index in [1.54, 1.807) is 24.4 Å². The molecule has 0 aromatic carbocycles. The highest BCUT2D eigenvalue weighted by molar-refractivity contribution is 7.73. The first-order valence-corrected chi connectivity index (χ1v) is 10.5. The van der Waals surface area contributed by atoms with Gasteiger partial charge in [0.2, 0.25) is 16.2 Å². The Kier molecular flexibility index (Phi) is 5.45. The van der Waals surface area contributed by atoms with E-state index in [4.69, 9.17) is 0 Å². The molecular formula is C19H21N5O4S. The summed E-state index contributed by atoms with van der Waals surface area (Å²) in [5.74, 6) is 1.19. The summed E-state index contributed by atoms with van der Waals surface area (Å²) in [6.45, 7) is 1.65. The van der Waals surface area contributed by atoms with Crippen LogP contribution in [0.25, 0.3) is 10.9 Å². The number of aliphatic hydroxyl groups excluding tert-OH is 1. The van der Waals surface area contributed by atoms with Gasteiger partial charge in [-0.2, -0.15) is 13.4 Å². The molecule has 4 rings (SSSR count). The summed E-state index contributed by atoms with van der Waals surface area (Å²) in [6, 6.07) is 1.73. The minimum absolute atomic E-state index is 0.183. The van der Waals surface area contributed by atoms with Crippen LogP contribution in [0.4, 0.5) is 11.8 Å². The van der Waals surface area contributed by atoms with Gasteiger partial charge in [-0.25, -0.2) is 4.98 Å². The van der Waals surface area contributed by atoms with Crippen LogP contribution in [0.1, 0.15) is 19.3 Å². The van der Waals surface area contributed by atoms with E-state index in [2.05, 4.69) is 25.2 Å². The maximum absolute atomic E-state index is 12.4. The highest BCUT2D eigenvalue weighted by atomic mass is 32.2. The molecule has 0 atom stereocenters. The zero-order chi connectivity index (χ0) is 20.4. The summed E-state index contributed by atoms with van der Waals surface area (Å²) in [5.41, 5.74) is 0.884. The van der Waals surface area contributed by atoms with Gasteiger partial charge in [-0.05, 0) is 37.0 Å². The van der Waals surface area contributed by atoms with Crippen LogP contribution in [0.5, 0.6) is 0 Å². The minimum Gasteiger partial charge on any atom is -0.396 e. The topological polar surface area (TPSA) is 128 Å². The summed E-state index contributed by atoms with van der Waals surface area (Å²) in [5, 5.41) is 12.8. The van der Waals surface area contributed by atoms with Crippen LogP contribution in [-0.4, -0.2) is 53.0 Å². The van der Waals surface area contributed by atoms with Crippen molar-refractivity contribution in [3.63, 3.8) is 0 Å². The van der Waals surface area contributed by atoms with Crippen molar-refractivity contribution in [1.82, 2.24) is 15.0 Å². The van der Waals surface area contributed by atoms with E-state index in [-0.39, 0.29) is 18.6 Å². The SMILES string of the molecule is O=c1[nH]ccc2nc(N3CCC(CO)CC3)nc(NC3=CCC(=S(=O)=O)C=C3)c12. The average Bonchev–Trinajstić information content (AvgIpc) is 2.74. The van der Waals surface area contributed by atoms with Crippen LogP contribution in [0, 0.1) is 5.92 Å². The summed E-state index contributed by atoms with van der Waals surface area (Å²) in [4.78, 5) is 26.6. The van der Waals surface area contributed by atoms with Crippen molar-refractivity contribution >= 4 is 37.8 Å². The lowest BCUT2D eigenvalue weighted by Gasteiger charge is -2.31. The second kappa shape index (κ2) is 8.18. The van der Waals surface area contributed by atoms with Crippen molar-refractivity contribution in [2.24, 2.45) is 5.92 Å². The number of aromatic nitrogens is 3. The maximum atomic E-state index is 12.4. The number of H-pyrrole nitrogens is 1. The molecule has 3 N–H and O–H groups in total. The van der Waals surface area contributed by atoms with Gasteiger partial charge in [0.25, 0.3) is 5.56 Å². The van der Waals surface area contributed by atoms with Crippen LogP contribution in [0.15, 0.2) is 41.0 Å². The molecule has 1 fully saturated rings. The zero-order valence-corrected chi connectivity index (χ0v) is 16.4. The predicted octanol–water partition coefficient (Wildman–Crippen LogP) is 0.834. The Bertz CT molecular complexity index is 1180. The molecule has 0 radical (unpaired) electrons. The predicted molar refractivity (Wildman–Crippen MR) is 112 cm³/mol. The quantitative estimate of drug-likeness (QED) is 0.627. The summed E-state index contributed by atoms with van der Waals surface area (Å²) < 4.78 is 22.2. The fourth-order valence-electron chi connectivity index (χ4n) is 3.51. The van der Waals surface area contributed by atoms with E-state index >= 15 is 0 Å². The lowest BCUT2D eigenvalue weighted by molar-refractivity contribution is 0.202. The number of pyridine rings is 1. The van der Waals surface area contributed by atoms with Crippen LogP contribution < -0.4 is 15.8 Å². The molecule has 0 spiro atoms. The molecular weight excluding hydrogens is 394 g/mol. The van der Waals surface area contributed by atoms with Crippen molar-refractivity contribution in [1.29, 1.82) is 0 Å². The Morgan fingerprint density at radius 3 is 2.69 bits per heavy atom. The molecule has 2 aromatic heterocycles. The third-order valence-corrected chi connectivity index (χ3v) is 5.94. The summed E-state index contributed by atoms with van der Waals surface area (Å²) in [6.07, 6.45) is 8.45. The molecule has 1 saturated heterocycles. The molecule has 9 nitrogen and oxygen atoms in total. The molecule has 1 aliphatic heterocycles. The number of anilines is 2. The van der Waals surface area contributed by atoms with E-state index in [1.807, 2.05) is 0 Å². The van der Waals surface area contributed by atoms with E-state index < -0.39 is 10.3 Å². The summed E-state index contributed by atoms with van der Waals surface area (Å²) >= 11 is 0. The zero-order valence-electron chi connectivity index (χ0n) is 15.6. The van der Waals surface area contributed by atoms with E-state index in [9.17, 15) is 18.3 Å². The molecule has 0 bridgehead atoms. The Hall–Kier alpha value is -2.98. The van der Waals surface area contributed by atoms with Gasteiger partial charge < -0.3 is 20.3 Å². The van der Waals surface area contributed by atoms with Gasteiger partial charge in [-0.3, -0.25) is 4.79 Å². The lowest BCUT2D eigenvalue weighted by atomic mass is 9.98. The molecule has 2 aromatic rings. The highest BCUT2D eigenvalue weighted by Gasteiger charge is 2.22. The number of aliphatic hydroxyl groups is 1. The third-order valence-electron chi connectivity index (χ3n) is 5.21. The van der Waals surface area contributed by atoms with Gasteiger partial charge in [-0.1, -0.05) is 6.08 Å². The average molecular weight is 415 g/mol. The van der Waals surface area contributed by atoms with Crippen molar-refractivity contribution < 1.29 is 13.5 Å². The maximum Gasteiger partial charge on any atom is 0.261 e. The van der Waals surface area contributed by atoms with Crippen LogP contribution in [0.3, 0.4) is 0 Å². The van der Waals surface area contributed by atoms with Crippen LogP contribution in [-0.2, 0) is 10.3 Å². The van der Waals surface area contributed by atoms with E-state index in [0.29, 0.717) is 39.1 Å². The number of fused-ring (bicyclic) bond motifs is 1. The standard InChI is InChI=1S/C19H21N5O4S/c25-11-12-6-9-24(10-7-12)19-22-15-5-8-20-18(26)16(15)17(23-19)21-13-1-3-14(4-2-13)29(27)28/h1-3,5,8,12,25H,4,6-7,9-11H2,(H,20,26)(H,21,22,23). The Balaban J connectivity index is 1.70. The second-order valence-corrected chi connectivity index (χ2v) is 8.07. The minimum atomic E-state index is -2.25. The van der Waals surface area contributed by atoms with Crippen LogP contribution >= 0.6 is 0 Å². The molecule has 0 amide bonds. The first-order chi connectivity index (χ1) is 14.0. The smallest absolute Gasteiger partial charge is 0.261 e. The molecule has 3 heterocycles. The van der Waals surface area contributed by atoms with Gasteiger partial charge in [0.15, 0.2) is 0 Å². The van der Waals surface area contributed by atoms with Gasteiger partial charge in [-0.15, -0.1) is 0 Å².